The lowest BCUT2D eigenvalue weighted by Crippen LogP contribution is -2.41. The summed E-state index contributed by atoms with van der Waals surface area (Å²) in [4.78, 5) is 14.7. The highest BCUT2D eigenvalue weighted by Crippen LogP contribution is 2.32. The van der Waals surface area contributed by atoms with Crippen LogP contribution in [0.4, 0.5) is 5.69 Å². The van der Waals surface area contributed by atoms with Crippen LogP contribution in [-0.2, 0) is 0 Å². The third-order valence-corrected chi connectivity index (χ3v) is 5.70. The summed E-state index contributed by atoms with van der Waals surface area (Å²) in [6, 6.07) is 14.7. The molecule has 3 N–H and O–H groups in total. The van der Waals surface area contributed by atoms with Crippen molar-refractivity contribution in [3.05, 3.63) is 59.2 Å². The quantitative estimate of drug-likeness (QED) is 0.755. The zero-order valence-electron chi connectivity index (χ0n) is 15.8. The van der Waals surface area contributed by atoms with Crippen molar-refractivity contribution in [2.24, 2.45) is 16.0 Å². The highest BCUT2D eigenvalue weighted by atomic mass is 32.2. The lowest BCUT2D eigenvalue weighted by atomic mass is 9.98. The van der Waals surface area contributed by atoms with Gasteiger partial charge < -0.3 is 20.1 Å². The summed E-state index contributed by atoms with van der Waals surface area (Å²) in [7, 11) is 0. The normalized spacial score (nSPS) is 18.1. The topological polar surface area (TPSA) is 104 Å². The van der Waals surface area contributed by atoms with Crippen molar-refractivity contribution in [2.75, 3.05) is 24.4 Å². The second kappa shape index (κ2) is 8.45. The minimum atomic E-state index is -0.0403. The Hall–Kier alpha value is -3.18. The molecular weight excluding hydrogens is 386 g/mol. The molecule has 1 amide bonds. The number of likely N-dealkylation sites (tertiary alicyclic amines) is 1. The van der Waals surface area contributed by atoms with E-state index >= 15 is 0 Å². The molecule has 2 aliphatic rings. The van der Waals surface area contributed by atoms with Gasteiger partial charge in [-0.2, -0.15) is 9.66 Å². The SMILES string of the molecule is N#Cc1cccc(C(=O)N2CCC[C@H](COc3cccc4c3C(N)=NSN4)C2)c1. The van der Waals surface area contributed by atoms with Gasteiger partial charge in [0, 0.05) is 24.6 Å². The number of nitrogens with zero attached hydrogens (tertiary/aromatic N) is 3. The van der Waals surface area contributed by atoms with Crippen LogP contribution >= 0.6 is 12.1 Å². The predicted molar refractivity (Wildman–Crippen MR) is 114 cm³/mol. The summed E-state index contributed by atoms with van der Waals surface area (Å²) in [5.41, 5.74) is 8.75. The number of amides is 1. The average Bonchev–Trinajstić information content (AvgIpc) is 2.77. The maximum atomic E-state index is 12.9. The Labute approximate surface area is 173 Å². The molecule has 0 aromatic heterocycles. The molecule has 2 aromatic rings. The Morgan fingerprint density at radius 2 is 2.24 bits per heavy atom. The number of carbonyl (C=O) groups is 1. The van der Waals surface area contributed by atoms with Crippen molar-refractivity contribution in [2.45, 2.75) is 12.8 Å². The van der Waals surface area contributed by atoms with Crippen LogP contribution in [0.5, 0.6) is 5.75 Å². The number of nitrogens with two attached hydrogens (primary N) is 1. The maximum Gasteiger partial charge on any atom is 0.253 e. The zero-order chi connectivity index (χ0) is 20.2. The van der Waals surface area contributed by atoms with E-state index in [2.05, 4.69) is 15.2 Å². The molecule has 2 aromatic carbocycles. The number of rotatable bonds is 4. The number of hydrogen-bond acceptors (Lipinski definition) is 7. The van der Waals surface area contributed by atoms with E-state index in [0.717, 1.165) is 24.1 Å². The molecule has 1 fully saturated rings. The predicted octanol–water partition coefficient (Wildman–Crippen LogP) is 3.18. The van der Waals surface area contributed by atoms with Gasteiger partial charge in [-0.25, -0.2) is 0 Å². The van der Waals surface area contributed by atoms with E-state index in [1.807, 2.05) is 23.1 Å². The fourth-order valence-electron chi connectivity index (χ4n) is 3.67. The standard InChI is InChI=1S/C21H21N5O2S/c22-11-14-4-1-6-16(10-14)21(27)26-9-3-5-15(12-26)13-28-18-8-2-7-17-19(18)20(23)25-29-24-17/h1-2,4,6-8,10,15,24H,3,5,9,12-13H2,(H2,23,25)/t15-/m0/s1. The van der Waals surface area contributed by atoms with Gasteiger partial charge in [-0.3, -0.25) is 4.79 Å². The summed E-state index contributed by atoms with van der Waals surface area (Å²) in [6.07, 6.45) is 1.92. The molecule has 7 nitrogen and oxygen atoms in total. The van der Waals surface area contributed by atoms with Gasteiger partial charge in [0.05, 0.1) is 41.6 Å². The van der Waals surface area contributed by atoms with Gasteiger partial charge in [-0.05, 0) is 43.2 Å². The van der Waals surface area contributed by atoms with Gasteiger partial charge in [0.15, 0.2) is 0 Å². The van der Waals surface area contributed by atoms with Crippen LogP contribution in [0.3, 0.4) is 0 Å². The number of fused-ring (bicyclic) bond motifs is 1. The number of carbonyl (C=O) groups excluding carboxylic acids is 1. The van der Waals surface area contributed by atoms with Crippen LogP contribution < -0.4 is 15.2 Å². The summed E-state index contributed by atoms with van der Waals surface area (Å²) >= 11 is 1.20. The number of benzene rings is 2. The second-order valence-electron chi connectivity index (χ2n) is 7.11. The first-order chi connectivity index (χ1) is 14.2. The third kappa shape index (κ3) is 4.15. The number of piperidine rings is 1. The van der Waals surface area contributed by atoms with E-state index in [1.165, 1.54) is 12.1 Å². The molecule has 0 aliphatic carbocycles. The summed E-state index contributed by atoms with van der Waals surface area (Å²) in [6.45, 7) is 1.84. The molecule has 148 valence electrons. The largest absolute Gasteiger partial charge is 0.492 e. The van der Waals surface area contributed by atoms with Gasteiger partial charge in [-0.1, -0.05) is 12.1 Å². The van der Waals surface area contributed by atoms with E-state index in [9.17, 15) is 4.79 Å². The molecule has 0 bridgehead atoms. The molecule has 0 saturated carbocycles. The van der Waals surface area contributed by atoms with Gasteiger partial charge in [0.25, 0.3) is 5.91 Å². The molecule has 1 saturated heterocycles. The fourth-order valence-corrected chi connectivity index (χ4v) is 4.17. The van der Waals surface area contributed by atoms with Crippen molar-refractivity contribution in [1.82, 2.24) is 4.90 Å². The number of ether oxygens (including phenoxy) is 1. The first kappa shape index (κ1) is 19.2. The first-order valence-electron chi connectivity index (χ1n) is 9.47. The van der Waals surface area contributed by atoms with Crippen LogP contribution in [0.15, 0.2) is 46.9 Å². The van der Waals surface area contributed by atoms with E-state index in [1.54, 1.807) is 24.3 Å². The van der Waals surface area contributed by atoms with E-state index in [4.69, 9.17) is 15.7 Å². The summed E-state index contributed by atoms with van der Waals surface area (Å²) in [5.74, 6) is 1.33. The van der Waals surface area contributed by atoms with Gasteiger partial charge in [0.1, 0.15) is 11.6 Å². The molecule has 2 aliphatic heterocycles. The molecule has 29 heavy (non-hydrogen) atoms. The fraction of sp³-hybridized carbons (Fsp3) is 0.286. The Morgan fingerprint density at radius 1 is 1.38 bits per heavy atom. The number of anilines is 1. The molecular formula is C21H21N5O2S. The van der Waals surface area contributed by atoms with Crippen LogP contribution in [0.1, 0.15) is 34.3 Å². The molecule has 0 radical (unpaired) electrons. The van der Waals surface area contributed by atoms with E-state index in [0.29, 0.717) is 42.4 Å². The minimum Gasteiger partial charge on any atom is -0.492 e. The van der Waals surface area contributed by atoms with Gasteiger partial charge >= 0.3 is 0 Å². The van der Waals surface area contributed by atoms with Gasteiger partial charge in [0.2, 0.25) is 0 Å². The Morgan fingerprint density at radius 3 is 3.10 bits per heavy atom. The number of amidine groups is 1. The van der Waals surface area contributed by atoms with Crippen molar-refractivity contribution in [3.63, 3.8) is 0 Å². The summed E-state index contributed by atoms with van der Waals surface area (Å²) < 4.78 is 13.4. The highest BCUT2D eigenvalue weighted by molar-refractivity contribution is 7.99. The monoisotopic (exact) mass is 407 g/mol. The lowest BCUT2D eigenvalue weighted by molar-refractivity contribution is 0.0633. The smallest absolute Gasteiger partial charge is 0.253 e. The van der Waals surface area contributed by atoms with E-state index < -0.39 is 0 Å². The van der Waals surface area contributed by atoms with Crippen LogP contribution in [0, 0.1) is 17.2 Å². The van der Waals surface area contributed by atoms with Crippen LogP contribution in [0.2, 0.25) is 0 Å². The maximum absolute atomic E-state index is 12.9. The van der Waals surface area contributed by atoms with Crippen LogP contribution in [0.25, 0.3) is 0 Å². The first-order valence-corrected chi connectivity index (χ1v) is 10.2. The molecule has 1 atom stereocenters. The molecule has 8 heteroatoms. The van der Waals surface area contributed by atoms with E-state index in [-0.39, 0.29) is 11.8 Å². The van der Waals surface area contributed by atoms with Crippen LogP contribution in [-0.4, -0.2) is 36.3 Å². The Kier molecular flexibility index (Phi) is 5.58. The molecule has 0 spiro atoms. The number of nitrogens with one attached hydrogen (secondary N) is 1. The van der Waals surface area contributed by atoms with Crippen molar-refractivity contribution in [3.8, 4) is 11.8 Å². The van der Waals surface area contributed by atoms with Crippen molar-refractivity contribution in [1.29, 1.82) is 5.26 Å². The van der Waals surface area contributed by atoms with Crippen molar-refractivity contribution >= 4 is 29.6 Å². The third-order valence-electron chi connectivity index (χ3n) is 5.10. The van der Waals surface area contributed by atoms with Crippen molar-refractivity contribution < 1.29 is 9.53 Å². The molecule has 0 unspecified atom stereocenters. The zero-order valence-corrected chi connectivity index (χ0v) is 16.6. The Bertz CT molecular complexity index is 1000. The molecule has 4 rings (SSSR count). The molecule has 2 heterocycles. The minimum absolute atomic E-state index is 0.0403. The average molecular weight is 407 g/mol. The second-order valence-corrected chi connectivity index (χ2v) is 7.68. The summed E-state index contributed by atoms with van der Waals surface area (Å²) in [5, 5.41) is 9.06. The number of nitriles is 1. The lowest BCUT2D eigenvalue weighted by Gasteiger charge is -2.33. The van der Waals surface area contributed by atoms with Gasteiger partial charge in [-0.15, -0.1) is 0 Å². The Balaban J connectivity index is 1.42. The highest BCUT2D eigenvalue weighted by Gasteiger charge is 2.26. The number of hydrogen-bond donors (Lipinski definition) is 2.